The molecule has 0 spiro atoms. The average Bonchev–Trinajstić information content (AvgIpc) is 2.93. The Balaban J connectivity index is 1.48. The lowest BCUT2D eigenvalue weighted by Crippen LogP contribution is -2.32. The Morgan fingerprint density at radius 3 is 1.50 bits per heavy atom. The minimum Gasteiger partial charge on any atom is -0.493 e. The van der Waals surface area contributed by atoms with Gasteiger partial charge in [0, 0.05) is 0 Å². The Morgan fingerprint density at radius 1 is 0.559 bits per heavy atom. The maximum Gasteiger partial charge on any atom is 0.119 e. The van der Waals surface area contributed by atoms with Crippen LogP contribution in [0.3, 0.4) is 0 Å². The first kappa shape index (κ1) is 22.9. The van der Waals surface area contributed by atoms with Gasteiger partial charge >= 0.3 is 0 Å². The van der Waals surface area contributed by atoms with E-state index in [1.165, 1.54) is 53.6 Å². The SMILES string of the molecule is c1ccc([P+](Cc2ccc(OCC3CCCCC3)cc2)(c2ccccc2)c2ccccc2)cc1. The molecule has 34 heavy (non-hydrogen) atoms. The first-order chi connectivity index (χ1) is 16.8. The van der Waals surface area contributed by atoms with Crippen LogP contribution in [-0.4, -0.2) is 6.61 Å². The van der Waals surface area contributed by atoms with E-state index in [2.05, 4.69) is 115 Å². The van der Waals surface area contributed by atoms with E-state index in [-0.39, 0.29) is 0 Å². The summed E-state index contributed by atoms with van der Waals surface area (Å²) in [5.74, 6) is 1.72. The van der Waals surface area contributed by atoms with Gasteiger partial charge in [-0.15, -0.1) is 0 Å². The summed E-state index contributed by atoms with van der Waals surface area (Å²) in [4.78, 5) is 0. The predicted octanol–water partition coefficient (Wildman–Crippen LogP) is 7.14. The van der Waals surface area contributed by atoms with Gasteiger partial charge in [0.05, 0.1) is 12.8 Å². The van der Waals surface area contributed by atoms with Gasteiger partial charge in [0.25, 0.3) is 0 Å². The quantitative estimate of drug-likeness (QED) is 0.251. The normalized spacial score (nSPS) is 14.6. The Labute approximate surface area is 205 Å². The molecule has 1 nitrogen and oxygen atoms in total. The Morgan fingerprint density at radius 2 is 1.03 bits per heavy atom. The lowest BCUT2D eigenvalue weighted by atomic mass is 9.90. The molecule has 0 heterocycles. The first-order valence-corrected chi connectivity index (χ1v) is 14.6. The minimum atomic E-state index is -1.87. The summed E-state index contributed by atoms with van der Waals surface area (Å²) in [5, 5.41) is 4.26. The Hall–Kier alpha value is -2.89. The molecule has 0 aliphatic heterocycles. The molecule has 0 radical (unpaired) electrons. The van der Waals surface area contributed by atoms with Gasteiger partial charge in [-0.3, -0.25) is 0 Å². The minimum absolute atomic E-state index is 0.723. The third-order valence-electron chi connectivity index (χ3n) is 7.14. The molecule has 0 unspecified atom stereocenters. The van der Waals surface area contributed by atoms with Crippen LogP contribution in [0.4, 0.5) is 0 Å². The second kappa shape index (κ2) is 11.0. The van der Waals surface area contributed by atoms with Crippen LogP contribution >= 0.6 is 7.26 Å². The maximum atomic E-state index is 6.19. The third-order valence-corrected chi connectivity index (χ3v) is 11.5. The van der Waals surface area contributed by atoms with E-state index in [9.17, 15) is 0 Å². The molecular weight excluding hydrogens is 431 g/mol. The molecule has 0 aromatic heterocycles. The molecule has 5 rings (SSSR count). The second-order valence-electron chi connectivity index (χ2n) is 9.43. The zero-order chi connectivity index (χ0) is 23.1. The highest BCUT2D eigenvalue weighted by atomic mass is 31.2. The van der Waals surface area contributed by atoms with E-state index in [0.717, 1.165) is 24.4 Å². The van der Waals surface area contributed by atoms with Crippen molar-refractivity contribution < 1.29 is 4.74 Å². The Bertz CT molecular complexity index is 1040. The van der Waals surface area contributed by atoms with Crippen molar-refractivity contribution in [3.63, 3.8) is 0 Å². The number of rotatable bonds is 8. The van der Waals surface area contributed by atoms with Gasteiger partial charge in [0.2, 0.25) is 0 Å². The predicted molar refractivity (Wildman–Crippen MR) is 147 cm³/mol. The molecule has 1 aliphatic carbocycles. The number of hydrogen-bond acceptors (Lipinski definition) is 1. The van der Waals surface area contributed by atoms with Gasteiger partial charge in [-0.2, -0.15) is 0 Å². The molecule has 1 saturated carbocycles. The fourth-order valence-corrected chi connectivity index (χ4v) is 9.55. The third kappa shape index (κ3) is 5.11. The summed E-state index contributed by atoms with van der Waals surface area (Å²) >= 11 is 0. The first-order valence-electron chi connectivity index (χ1n) is 12.6. The largest absolute Gasteiger partial charge is 0.493 e. The van der Waals surface area contributed by atoms with Gasteiger partial charge in [0.15, 0.2) is 0 Å². The molecule has 0 bridgehead atoms. The van der Waals surface area contributed by atoms with Crippen LogP contribution < -0.4 is 20.7 Å². The lowest BCUT2D eigenvalue weighted by molar-refractivity contribution is 0.209. The summed E-state index contributed by atoms with van der Waals surface area (Å²) in [6, 6.07) is 42.2. The van der Waals surface area contributed by atoms with Gasteiger partial charge in [0.1, 0.15) is 28.9 Å². The number of ether oxygens (including phenoxy) is 1. The van der Waals surface area contributed by atoms with Crippen molar-refractivity contribution in [2.75, 3.05) is 6.61 Å². The molecule has 4 aromatic carbocycles. The standard InChI is InChI=1S/C32H34OP/c1-5-13-27(14-6-1)25-33-29-23-21-28(22-24-29)26-34(30-15-7-2-8-16-30,31-17-9-3-10-18-31)32-19-11-4-12-20-32/h2-4,7-12,15-24,27H,1,5-6,13-14,25-26H2/q+1. The van der Waals surface area contributed by atoms with Crippen molar-refractivity contribution >= 4 is 23.2 Å². The van der Waals surface area contributed by atoms with Crippen molar-refractivity contribution in [3.8, 4) is 5.75 Å². The van der Waals surface area contributed by atoms with Crippen LogP contribution in [0.25, 0.3) is 0 Å². The highest BCUT2D eigenvalue weighted by molar-refractivity contribution is 7.95. The van der Waals surface area contributed by atoms with Gasteiger partial charge in [-0.25, -0.2) is 0 Å². The van der Waals surface area contributed by atoms with Crippen LogP contribution in [0.2, 0.25) is 0 Å². The molecular formula is C32H34OP+. The van der Waals surface area contributed by atoms with Crippen molar-refractivity contribution in [1.82, 2.24) is 0 Å². The number of hydrogen-bond donors (Lipinski definition) is 0. The Kier molecular flexibility index (Phi) is 7.42. The van der Waals surface area contributed by atoms with E-state index in [1.807, 2.05) is 0 Å². The molecule has 0 N–H and O–H groups in total. The topological polar surface area (TPSA) is 9.23 Å². The van der Waals surface area contributed by atoms with Crippen molar-refractivity contribution in [2.24, 2.45) is 5.92 Å². The monoisotopic (exact) mass is 465 g/mol. The van der Waals surface area contributed by atoms with Crippen molar-refractivity contribution in [2.45, 2.75) is 38.3 Å². The molecule has 172 valence electrons. The van der Waals surface area contributed by atoms with Gasteiger partial charge in [-0.05, 0) is 72.9 Å². The fraction of sp³-hybridized carbons (Fsp3) is 0.250. The summed E-state index contributed by atoms with van der Waals surface area (Å²) in [6.45, 7) is 0.855. The molecule has 0 saturated heterocycles. The van der Waals surface area contributed by atoms with E-state index in [0.29, 0.717) is 0 Å². The van der Waals surface area contributed by atoms with E-state index >= 15 is 0 Å². The summed E-state index contributed by atoms with van der Waals surface area (Å²) < 4.78 is 6.19. The van der Waals surface area contributed by atoms with Crippen LogP contribution in [0.15, 0.2) is 115 Å². The van der Waals surface area contributed by atoms with Gasteiger partial charge in [-0.1, -0.05) is 86.0 Å². The smallest absolute Gasteiger partial charge is 0.119 e. The summed E-state index contributed by atoms with van der Waals surface area (Å²) in [6.07, 6.45) is 7.73. The van der Waals surface area contributed by atoms with Crippen LogP contribution in [-0.2, 0) is 6.16 Å². The molecule has 0 atom stereocenters. The molecule has 1 fully saturated rings. The summed E-state index contributed by atoms with van der Waals surface area (Å²) in [5.41, 5.74) is 1.36. The van der Waals surface area contributed by atoms with Gasteiger partial charge < -0.3 is 4.74 Å². The van der Waals surface area contributed by atoms with Crippen molar-refractivity contribution in [1.29, 1.82) is 0 Å². The van der Waals surface area contributed by atoms with Crippen LogP contribution in [0.5, 0.6) is 5.75 Å². The molecule has 1 aliphatic rings. The zero-order valence-corrected chi connectivity index (χ0v) is 20.7. The van der Waals surface area contributed by atoms with E-state index in [4.69, 9.17) is 4.74 Å². The van der Waals surface area contributed by atoms with E-state index in [1.54, 1.807) is 0 Å². The average molecular weight is 466 g/mol. The van der Waals surface area contributed by atoms with E-state index < -0.39 is 7.26 Å². The molecule has 2 heteroatoms. The molecule has 0 amide bonds. The van der Waals surface area contributed by atoms with Crippen molar-refractivity contribution in [3.05, 3.63) is 121 Å². The zero-order valence-electron chi connectivity index (χ0n) is 19.9. The maximum absolute atomic E-state index is 6.19. The van der Waals surface area contributed by atoms with Crippen LogP contribution in [0, 0.1) is 5.92 Å². The highest BCUT2D eigenvalue weighted by Crippen LogP contribution is 2.58. The lowest BCUT2D eigenvalue weighted by Gasteiger charge is -2.28. The highest BCUT2D eigenvalue weighted by Gasteiger charge is 2.45. The van der Waals surface area contributed by atoms with Crippen LogP contribution in [0.1, 0.15) is 37.7 Å². The summed E-state index contributed by atoms with van der Waals surface area (Å²) in [7, 11) is -1.87. The fourth-order valence-electron chi connectivity index (χ4n) is 5.30. The number of benzene rings is 4. The molecule has 4 aromatic rings. The second-order valence-corrected chi connectivity index (χ2v) is 12.9.